The molecule has 0 aliphatic heterocycles. The molecule has 1 aliphatic carbocycles. The summed E-state index contributed by atoms with van der Waals surface area (Å²) < 4.78 is 33.7. The molecule has 8 aromatic heterocycles. The van der Waals surface area contributed by atoms with Crippen LogP contribution < -0.4 is 23.8 Å². The lowest BCUT2D eigenvalue weighted by Crippen LogP contribution is -2.08. The number of rotatable bonds is 40. The van der Waals surface area contributed by atoms with Gasteiger partial charge in [-0.2, -0.15) is 5.26 Å². The molecule has 0 radical (unpaired) electrons. The van der Waals surface area contributed by atoms with Crippen LogP contribution in [0.4, 0.5) is 16.4 Å². The third-order valence-corrected chi connectivity index (χ3v) is 31.3. The first-order valence-electron chi connectivity index (χ1n) is 45.4. The van der Waals surface area contributed by atoms with Crippen molar-refractivity contribution in [2.75, 3.05) is 31.3 Å². The van der Waals surface area contributed by atoms with Crippen molar-refractivity contribution in [1.82, 2.24) is 14.5 Å². The Kier molecular flexibility index (Phi) is 27.8. The van der Waals surface area contributed by atoms with Crippen LogP contribution in [0.2, 0.25) is 0 Å². The molecule has 1 aliphatic rings. The van der Waals surface area contributed by atoms with Crippen LogP contribution in [0, 0.1) is 11.3 Å². The Bertz CT molecular complexity index is 6740. The smallest absolute Gasteiger partial charge is 0.346 e. The van der Waals surface area contributed by atoms with Crippen LogP contribution in [0.1, 0.15) is 163 Å². The van der Waals surface area contributed by atoms with E-state index in [-0.39, 0.29) is 5.57 Å². The van der Waals surface area contributed by atoms with Crippen molar-refractivity contribution in [3.8, 4) is 121 Å². The van der Waals surface area contributed by atoms with E-state index in [1.807, 2.05) is 111 Å². The van der Waals surface area contributed by atoms with E-state index in [1.54, 1.807) is 0 Å². The van der Waals surface area contributed by atoms with Crippen LogP contribution in [-0.2, 0) is 17.6 Å². The number of unbranched alkanes of at least 4 members (excludes halogenated alkanes) is 12. The largest absolute Gasteiger partial charge is 0.493 e. The summed E-state index contributed by atoms with van der Waals surface area (Å²) in [7, 11) is 0. The summed E-state index contributed by atoms with van der Waals surface area (Å²) in [5.74, 6) is 2.17. The normalized spacial score (nSPS) is 12.2. The van der Waals surface area contributed by atoms with Crippen molar-refractivity contribution >= 4 is 149 Å². The zero-order chi connectivity index (χ0) is 87.2. The number of aromatic nitrogens is 3. The van der Waals surface area contributed by atoms with Crippen LogP contribution in [0.25, 0.3) is 150 Å². The topological polar surface area (TPSA) is 132 Å². The van der Waals surface area contributed by atoms with E-state index in [4.69, 9.17) is 28.9 Å². The summed E-state index contributed by atoms with van der Waals surface area (Å²) >= 11 is 10.8. The minimum absolute atomic E-state index is 0.322. The molecule has 0 spiro atoms. The number of benzene rings is 9. The summed E-state index contributed by atoms with van der Waals surface area (Å²) in [6, 6.07) is 91.0. The third-order valence-electron chi connectivity index (χ3n) is 23.9. The van der Waals surface area contributed by atoms with Crippen LogP contribution in [-0.4, -0.2) is 52.0 Å². The summed E-state index contributed by atoms with van der Waals surface area (Å²) in [5, 5.41) is 21.7. The Morgan fingerprint density at radius 2 is 0.945 bits per heavy atom. The molecule has 9 aromatic carbocycles. The second-order valence-electron chi connectivity index (χ2n) is 32.9. The number of carbonyl (C=O) groups is 1. The van der Waals surface area contributed by atoms with E-state index in [9.17, 15) is 15.2 Å². The SMILES string of the molecule is CCCCCCOc1ccc(-c2ccc(N(c3ccc(-c4ccc(OCCCCCC)cc4OCCCCCC)cc3)c3cc4sc5cc(-c6ccc(-c7ccc(/C=C/c8ccc(-n9c%10c(c%11cc(-c%12ccc(-c%13ccc(/C=C(\C#N)C(=O)O)s%13)c%13nc(-c%14ccccc%14)c(-c%14ccccc%14)nc%12%13)ccc%119)CCC%10)cc8)s7)s6)sc5c4s3)cc2)c(OCCCCCC)c1. The quantitative estimate of drug-likeness (QED) is 0.0225. The van der Waals surface area contributed by atoms with E-state index in [0.29, 0.717) is 31.3 Å². The van der Waals surface area contributed by atoms with Crippen LogP contribution in [0.15, 0.2) is 254 Å². The van der Waals surface area contributed by atoms with Crippen molar-refractivity contribution in [3.05, 3.63) is 281 Å². The van der Waals surface area contributed by atoms with Gasteiger partial charge in [0, 0.05) is 117 Å². The highest BCUT2D eigenvalue weighted by Gasteiger charge is 2.28. The molecule has 1 N–H and O–H groups in total. The molecule has 8 heterocycles. The fourth-order valence-electron chi connectivity index (χ4n) is 17.3. The molecule has 0 atom stereocenters. The Morgan fingerprint density at radius 3 is 1.53 bits per heavy atom. The lowest BCUT2D eigenvalue weighted by molar-refractivity contribution is -0.132. The maximum atomic E-state index is 11.9. The first kappa shape index (κ1) is 86.7. The zero-order valence-electron chi connectivity index (χ0n) is 72.8. The number of aryl methyl sites for hydroxylation is 1. The molecular formula is C111H103N5O6S6. The molecule has 11 nitrogen and oxygen atoms in total. The molecule has 0 bridgehead atoms. The van der Waals surface area contributed by atoms with E-state index < -0.39 is 5.97 Å². The number of nitrogens with zero attached hydrogens (tertiary/aromatic N) is 5. The number of anilines is 3. The van der Waals surface area contributed by atoms with Crippen LogP contribution in [0.5, 0.6) is 23.0 Å². The molecule has 0 saturated carbocycles. The molecule has 0 unspecified atom stereocenters. The van der Waals surface area contributed by atoms with Crippen molar-refractivity contribution in [3.63, 3.8) is 0 Å². The molecule has 0 saturated heterocycles. The highest BCUT2D eigenvalue weighted by Crippen LogP contribution is 2.53. The maximum Gasteiger partial charge on any atom is 0.346 e. The van der Waals surface area contributed by atoms with Gasteiger partial charge in [0.05, 0.1) is 63.8 Å². The molecule has 18 rings (SSSR count). The Balaban J connectivity index is 0.601. The minimum atomic E-state index is -1.26. The molecule has 644 valence electrons. The van der Waals surface area contributed by atoms with Gasteiger partial charge in [-0.1, -0.05) is 226 Å². The predicted octanol–water partition coefficient (Wildman–Crippen LogP) is 33.5. The molecule has 17 aromatic rings. The third kappa shape index (κ3) is 19.4. The summed E-state index contributed by atoms with van der Waals surface area (Å²) in [5.41, 5.74) is 20.2. The number of ether oxygens (including phenoxy) is 4. The van der Waals surface area contributed by atoms with Gasteiger partial charge < -0.3 is 33.5 Å². The number of fused-ring (bicyclic) bond motifs is 7. The van der Waals surface area contributed by atoms with E-state index in [0.717, 1.165) is 186 Å². The van der Waals surface area contributed by atoms with Gasteiger partial charge in [0.25, 0.3) is 0 Å². The van der Waals surface area contributed by atoms with Crippen molar-refractivity contribution in [2.45, 2.75) is 150 Å². The van der Waals surface area contributed by atoms with Gasteiger partial charge in [-0.25, -0.2) is 14.8 Å². The van der Waals surface area contributed by atoms with Gasteiger partial charge >= 0.3 is 5.97 Å². The molecular weight excluding hydrogens is 1690 g/mol. The fourth-order valence-corrected chi connectivity index (χ4v) is 24.4. The Labute approximate surface area is 774 Å². The number of hydrogen-bond acceptors (Lipinski definition) is 15. The summed E-state index contributed by atoms with van der Waals surface area (Å²) in [6.07, 6.45) is 27.3. The van der Waals surface area contributed by atoms with Gasteiger partial charge in [0.2, 0.25) is 0 Å². The van der Waals surface area contributed by atoms with E-state index >= 15 is 0 Å². The monoisotopic (exact) mass is 1790 g/mol. The zero-order valence-corrected chi connectivity index (χ0v) is 77.7. The van der Waals surface area contributed by atoms with E-state index in [2.05, 4.69) is 250 Å². The number of carboxylic acid groups (broad SMARTS) is 1. The number of carboxylic acids is 1. The molecule has 0 fully saturated rings. The Hall–Kier alpha value is -12.0. The average molecular weight is 1800 g/mol. The van der Waals surface area contributed by atoms with Gasteiger partial charge in [-0.15, -0.1) is 68.0 Å². The van der Waals surface area contributed by atoms with Crippen molar-refractivity contribution in [2.24, 2.45) is 0 Å². The predicted molar refractivity (Wildman–Crippen MR) is 544 cm³/mol. The lowest BCUT2D eigenvalue weighted by Gasteiger charge is -2.24. The van der Waals surface area contributed by atoms with Gasteiger partial charge in [0.15, 0.2) is 0 Å². The van der Waals surface area contributed by atoms with Gasteiger partial charge in [-0.3, -0.25) is 0 Å². The van der Waals surface area contributed by atoms with Crippen molar-refractivity contribution in [1.29, 1.82) is 5.26 Å². The molecule has 17 heteroatoms. The highest BCUT2D eigenvalue weighted by atomic mass is 32.1. The number of nitriles is 1. The fraction of sp³-hybridized carbons (Fsp3) is 0.243. The number of hydrogen-bond donors (Lipinski definition) is 1. The summed E-state index contributed by atoms with van der Waals surface area (Å²) in [6.45, 7) is 11.7. The van der Waals surface area contributed by atoms with Gasteiger partial charge in [0.1, 0.15) is 39.6 Å². The average Bonchev–Trinajstić information content (AvgIpc) is 1.56. The Morgan fingerprint density at radius 1 is 0.438 bits per heavy atom. The molecule has 0 amide bonds. The lowest BCUT2D eigenvalue weighted by atomic mass is 9.97. The van der Waals surface area contributed by atoms with Gasteiger partial charge in [-0.05, 0) is 206 Å². The van der Waals surface area contributed by atoms with Crippen molar-refractivity contribution < 1.29 is 28.8 Å². The van der Waals surface area contributed by atoms with Crippen LogP contribution >= 0.6 is 68.0 Å². The second-order valence-corrected chi connectivity index (χ2v) is 39.4. The second kappa shape index (κ2) is 41.0. The first-order chi connectivity index (χ1) is 63.0. The maximum absolute atomic E-state index is 11.9. The number of aliphatic carboxylic acids is 1. The number of thiophene rings is 6. The minimum Gasteiger partial charge on any atom is -0.493 e. The molecule has 128 heavy (non-hydrogen) atoms. The highest BCUT2D eigenvalue weighted by molar-refractivity contribution is 7.41. The van der Waals surface area contributed by atoms with Crippen LogP contribution in [0.3, 0.4) is 0 Å². The van der Waals surface area contributed by atoms with E-state index in [1.165, 1.54) is 147 Å². The standard InChI is InChI=1S/C111H103N5O6S6/c1-5-9-13-23-62-119-83-48-53-87(95(68-83)121-64-25-15-11-7-3)74-37-44-80(45-38-74)115(81-46-39-75(40-47-81)88-54-49-84(120-63-24-14-10-6-2)69-96(88)122-65-26-16-12-8-4)104-71-103-110(128-104)109-102(126-103)70-101(127-109)100-61-60-99(125-100)98-59-51-85(123-98)50-36-73-34-42-82(43-35-73)116-93-33-27-32-90(93)92-67-78(41-57-94(92)116)89-55-56-91(97-58-52-86(124-97)66-79(72-112)111(117)118)108-107(89)113-105(76-28-19-17-20-29-76)106(114-108)77-30-21-18-22-31-77/h17-22,28-31,34-61,66-71H,5-16,23-27,32-33,62-65H2,1-4H3,(H,117,118)/b50-36+,79-66+. The first-order valence-corrected chi connectivity index (χ1v) is 50.3. The summed E-state index contributed by atoms with van der Waals surface area (Å²) in [4.78, 5) is 33.3.